The van der Waals surface area contributed by atoms with E-state index in [1.54, 1.807) is 12.1 Å². The van der Waals surface area contributed by atoms with Crippen LogP contribution in [0.2, 0.25) is 0 Å². The molecule has 0 spiro atoms. The van der Waals surface area contributed by atoms with E-state index in [4.69, 9.17) is 18.0 Å². The van der Waals surface area contributed by atoms with E-state index < -0.39 is 5.82 Å². The van der Waals surface area contributed by atoms with E-state index >= 15 is 0 Å². The minimum Gasteiger partial charge on any atom is -0.389 e. The zero-order valence-electron chi connectivity index (χ0n) is 11.5. The van der Waals surface area contributed by atoms with Crippen molar-refractivity contribution in [2.24, 2.45) is 5.73 Å². The van der Waals surface area contributed by atoms with Gasteiger partial charge in [0, 0.05) is 11.7 Å². The van der Waals surface area contributed by atoms with E-state index in [2.05, 4.69) is 5.32 Å². The highest BCUT2D eigenvalue weighted by Crippen LogP contribution is 2.24. The van der Waals surface area contributed by atoms with Gasteiger partial charge in [0.1, 0.15) is 10.8 Å². The van der Waals surface area contributed by atoms with Gasteiger partial charge in [-0.05, 0) is 31.5 Å². The van der Waals surface area contributed by atoms with E-state index in [1.807, 2.05) is 38.1 Å². The first kappa shape index (κ1) is 14.5. The fourth-order valence-electron chi connectivity index (χ4n) is 2.07. The van der Waals surface area contributed by atoms with Crippen molar-refractivity contribution in [2.75, 3.05) is 5.32 Å². The lowest BCUT2D eigenvalue weighted by molar-refractivity contribution is 0.625. The van der Waals surface area contributed by atoms with Gasteiger partial charge in [0.15, 0.2) is 0 Å². The predicted molar refractivity (Wildman–Crippen MR) is 85.5 cm³/mol. The van der Waals surface area contributed by atoms with Gasteiger partial charge in [0.05, 0.1) is 5.56 Å². The van der Waals surface area contributed by atoms with E-state index in [0.29, 0.717) is 5.69 Å². The maximum atomic E-state index is 13.8. The fourth-order valence-corrected chi connectivity index (χ4v) is 2.27. The number of thiocarbonyl (C=S) groups is 1. The number of anilines is 1. The largest absolute Gasteiger partial charge is 0.389 e. The van der Waals surface area contributed by atoms with Crippen LogP contribution in [0, 0.1) is 12.7 Å². The molecule has 0 amide bonds. The number of nitrogens with one attached hydrogen (secondary N) is 1. The molecule has 0 saturated heterocycles. The van der Waals surface area contributed by atoms with Crippen LogP contribution in [0.4, 0.5) is 10.1 Å². The summed E-state index contributed by atoms with van der Waals surface area (Å²) in [5.74, 6) is -0.404. The van der Waals surface area contributed by atoms with Gasteiger partial charge in [0.25, 0.3) is 0 Å². The molecule has 0 aliphatic rings. The summed E-state index contributed by atoms with van der Waals surface area (Å²) in [6, 6.07) is 13.0. The van der Waals surface area contributed by atoms with Crippen molar-refractivity contribution in [2.45, 2.75) is 19.9 Å². The molecule has 20 heavy (non-hydrogen) atoms. The molecule has 0 radical (unpaired) electrons. The van der Waals surface area contributed by atoms with Crippen LogP contribution in [0.5, 0.6) is 0 Å². The smallest absolute Gasteiger partial charge is 0.135 e. The third-order valence-corrected chi connectivity index (χ3v) is 3.41. The lowest BCUT2D eigenvalue weighted by Gasteiger charge is -2.18. The van der Waals surface area contributed by atoms with Crippen molar-refractivity contribution in [3.8, 4) is 0 Å². The molecule has 0 saturated carbocycles. The Morgan fingerprint density at radius 1 is 1.20 bits per heavy atom. The van der Waals surface area contributed by atoms with Gasteiger partial charge in [-0.3, -0.25) is 0 Å². The summed E-state index contributed by atoms with van der Waals surface area (Å²) in [5.41, 5.74) is 8.81. The molecular weight excluding hydrogens is 271 g/mol. The zero-order valence-corrected chi connectivity index (χ0v) is 12.3. The first-order chi connectivity index (χ1) is 9.49. The Kier molecular flexibility index (Phi) is 4.35. The van der Waals surface area contributed by atoms with Gasteiger partial charge in [-0.15, -0.1) is 0 Å². The predicted octanol–water partition coefficient (Wildman–Crippen LogP) is 3.94. The number of rotatable bonds is 4. The standard InChI is InChI=1S/C16H17FN2S/c1-10-6-8-12(9-7-10)11(2)19-14-5-3-4-13(17)15(14)16(18)20/h3-9,11,19H,1-2H3,(H2,18,20). The van der Waals surface area contributed by atoms with E-state index in [1.165, 1.54) is 11.6 Å². The molecule has 0 heterocycles. The van der Waals surface area contributed by atoms with Crippen LogP contribution < -0.4 is 11.1 Å². The second kappa shape index (κ2) is 6.01. The molecule has 4 heteroatoms. The summed E-state index contributed by atoms with van der Waals surface area (Å²) in [5, 5.41) is 3.26. The third kappa shape index (κ3) is 3.14. The van der Waals surface area contributed by atoms with Gasteiger partial charge in [-0.2, -0.15) is 0 Å². The van der Waals surface area contributed by atoms with Crippen molar-refractivity contribution >= 4 is 22.9 Å². The third-order valence-electron chi connectivity index (χ3n) is 3.21. The van der Waals surface area contributed by atoms with Crippen molar-refractivity contribution < 1.29 is 4.39 Å². The lowest BCUT2D eigenvalue weighted by atomic mass is 10.1. The van der Waals surface area contributed by atoms with Gasteiger partial charge < -0.3 is 11.1 Å². The number of hydrogen-bond donors (Lipinski definition) is 2. The fraction of sp³-hybridized carbons (Fsp3) is 0.188. The maximum Gasteiger partial charge on any atom is 0.135 e. The quantitative estimate of drug-likeness (QED) is 0.837. The van der Waals surface area contributed by atoms with Crippen LogP contribution in [0.1, 0.15) is 29.7 Å². The van der Waals surface area contributed by atoms with E-state index in [9.17, 15) is 4.39 Å². The summed E-state index contributed by atoms with van der Waals surface area (Å²) in [6.07, 6.45) is 0. The average molecular weight is 288 g/mol. The Labute approximate surface area is 123 Å². The van der Waals surface area contributed by atoms with Gasteiger partial charge >= 0.3 is 0 Å². The van der Waals surface area contributed by atoms with Crippen LogP contribution in [0.25, 0.3) is 0 Å². The molecule has 0 fully saturated rings. The van der Waals surface area contributed by atoms with Crippen molar-refractivity contribution in [3.63, 3.8) is 0 Å². The molecule has 0 aliphatic carbocycles. The van der Waals surface area contributed by atoms with Crippen LogP contribution in [0.3, 0.4) is 0 Å². The molecule has 1 atom stereocenters. The number of benzene rings is 2. The number of halogens is 1. The highest BCUT2D eigenvalue weighted by Gasteiger charge is 2.13. The molecule has 0 bridgehead atoms. The second-order valence-corrected chi connectivity index (χ2v) is 5.24. The molecule has 0 aromatic heterocycles. The second-order valence-electron chi connectivity index (χ2n) is 4.80. The summed E-state index contributed by atoms with van der Waals surface area (Å²) in [4.78, 5) is 0.0571. The Bertz CT molecular complexity index is 623. The van der Waals surface area contributed by atoms with Gasteiger partial charge in [0.2, 0.25) is 0 Å². The number of aryl methyl sites for hydroxylation is 1. The van der Waals surface area contributed by atoms with E-state index in [0.717, 1.165) is 5.56 Å². The minimum absolute atomic E-state index is 0.0329. The molecule has 3 N–H and O–H groups in total. The monoisotopic (exact) mass is 288 g/mol. The lowest BCUT2D eigenvalue weighted by Crippen LogP contribution is -2.17. The maximum absolute atomic E-state index is 13.8. The molecule has 2 aromatic carbocycles. The summed E-state index contributed by atoms with van der Waals surface area (Å²) < 4.78 is 13.8. The van der Waals surface area contributed by atoms with E-state index in [-0.39, 0.29) is 16.6 Å². The highest BCUT2D eigenvalue weighted by molar-refractivity contribution is 7.80. The first-order valence-electron chi connectivity index (χ1n) is 6.40. The molecule has 2 aromatic rings. The Hall–Kier alpha value is -1.94. The highest BCUT2D eigenvalue weighted by atomic mass is 32.1. The Balaban J connectivity index is 2.28. The SMILES string of the molecule is Cc1ccc(C(C)Nc2cccc(F)c2C(N)=S)cc1. The molecule has 0 aliphatic heterocycles. The Morgan fingerprint density at radius 3 is 2.45 bits per heavy atom. The average Bonchev–Trinajstić information content (AvgIpc) is 2.39. The Morgan fingerprint density at radius 2 is 1.85 bits per heavy atom. The number of nitrogens with two attached hydrogens (primary N) is 1. The van der Waals surface area contributed by atoms with Gasteiger partial charge in [-0.1, -0.05) is 48.1 Å². The summed E-state index contributed by atoms with van der Waals surface area (Å²) in [7, 11) is 0. The summed E-state index contributed by atoms with van der Waals surface area (Å²) >= 11 is 4.92. The minimum atomic E-state index is -0.404. The molecule has 104 valence electrons. The van der Waals surface area contributed by atoms with Crippen molar-refractivity contribution in [3.05, 3.63) is 65.0 Å². The van der Waals surface area contributed by atoms with Crippen molar-refractivity contribution in [1.29, 1.82) is 0 Å². The normalized spacial score (nSPS) is 11.9. The number of hydrogen-bond acceptors (Lipinski definition) is 2. The molecule has 2 rings (SSSR count). The first-order valence-corrected chi connectivity index (χ1v) is 6.81. The van der Waals surface area contributed by atoms with Crippen LogP contribution in [-0.4, -0.2) is 4.99 Å². The van der Waals surface area contributed by atoms with Crippen LogP contribution in [-0.2, 0) is 0 Å². The van der Waals surface area contributed by atoms with Crippen LogP contribution in [0.15, 0.2) is 42.5 Å². The molecule has 2 nitrogen and oxygen atoms in total. The zero-order chi connectivity index (χ0) is 14.7. The molecular formula is C16H17FN2S. The van der Waals surface area contributed by atoms with Gasteiger partial charge in [-0.25, -0.2) is 4.39 Å². The molecule has 1 unspecified atom stereocenters. The van der Waals surface area contributed by atoms with Crippen LogP contribution >= 0.6 is 12.2 Å². The summed E-state index contributed by atoms with van der Waals surface area (Å²) in [6.45, 7) is 4.05. The topological polar surface area (TPSA) is 38.0 Å². The van der Waals surface area contributed by atoms with Crippen molar-refractivity contribution in [1.82, 2.24) is 0 Å².